The summed E-state index contributed by atoms with van der Waals surface area (Å²) in [6.07, 6.45) is 1.68. The number of aryl methyl sites for hydroxylation is 2. The molecular formula is C28H28N4O4. The first-order valence-corrected chi connectivity index (χ1v) is 11.8. The minimum Gasteiger partial charge on any atom is -0.481 e. The third kappa shape index (κ3) is 3.84. The highest BCUT2D eigenvalue weighted by atomic mass is 16.5. The van der Waals surface area contributed by atoms with E-state index in [2.05, 4.69) is 35.9 Å². The number of fused-ring (bicyclic) bond motifs is 2. The van der Waals surface area contributed by atoms with E-state index in [4.69, 9.17) is 4.74 Å². The number of carboxylic acids is 1. The Balaban J connectivity index is 1.79. The molecule has 2 aromatic carbocycles. The molecule has 5 aromatic rings. The summed E-state index contributed by atoms with van der Waals surface area (Å²) < 4.78 is 8.54. The lowest BCUT2D eigenvalue weighted by molar-refractivity contribution is -0.137. The van der Waals surface area contributed by atoms with Crippen molar-refractivity contribution in [3.63, 3.8) is 0 Å². The first kappa shape index (κ1) is 23.4. The number of aliphatic carboxylic acids is 1. The smallest absolute Gasteiger partial charge is 0.331 e. The van der Waals surface area contributed by atoms with Crippen LogP contribution in [0.2, 0.25) is 0 Å². The number of aromatic nitrogens is 4. The number of aromatic amines is 1. The summed E-state index contributed by atoms with van der Waals surface area (Å²) >= 11 is 0. The van der Waals surface area contributed by atoms with Crippen LogP contribution < -0.4 is 10.4 Å². The molecule has 1 unspecified atom stereocenters. The summed E-state index contributed by atoms with van der Waals surface area (Å²) in [6, 6.07) is 15.9. The molecule has 2 N–H and O–H groups in total. The molecule has 0 aliphatic carbocycles. The summed E-state index contributed by atoms with van der Waals surface area (Å²) in [4.78, 5) is 34.0. The number of hydrogen-bond acceptors (Lipinski definition) is 4. The zero-order chi connectivity index (χ0) is 25.6. The molecule has 184 valence electrons. The molecule has 0 saturated heterocycles. The van der Waals surface area contributed by atoms with Crippen molar-refractivity contribution in [1.29, 1.82) is 0 Å². The van der Waals surface area contributed by atoms with Gasteiger partial charge in [0.15, 0.2) is 5.65 Å². The molecule has 8 nitrogen and oxygen atoms in total. The third-order valence-corrected chi connectivity index (χ3v) is 6.79. The lowest BCUT2D eigenvalue weighted by Gasteiger charge is -2.17. The molecular weight excluding hydrogens is 456 g/mol. The minimum absolute atomic E-state index is 0.262. The molecule has 3 aromatic heterocycles. The van der Waals surface area contributed by atoms with E-state index < -0.39 is 12.0 Å². The van der Waals surface area contributed by atoms with Crippen LogP contribution in [0, 0.1) is 13.8 Å². The SMILES string of the molecule is COc1ccc2c(n1)n([C@H](CC(=O)O)c1ccccc1)c(=O)n2C(C)c1c[nH]c2cc(C)cc(C)c12. The van der Waals surface area contributed by atoms with Crippen LogP contribution in [0.15, 0.2) is 65.6 Å². The highest BCUT2D eigenvalue weighted by molar-refractivity contribution is 5.88. The number of benzene rings is 2. The summed E-state index contributed by atoms with van der Waals surface area (Å²) in [5, 5.41) is 10.8. The molecule has 8 heteroatoms. The number of rotatable bonds is 7. The van der Waals surface area contributed by atoms with Crippen molar-refractivity contribution in [3.05, 3.63) is 93.5 Å². The van der Waals surface area contributed by atoms with Crippen LogP contribution in [-0.4, -0.2) is 37.3 Å². The molecule has 0 amide bonds. The fraction of sp³-hybridized carbons (Fsp3) is 0.250. The average molecular weight is 485 g/mol. The summed E-state index contributed by atoms with van der Waals surface area (Å²) in [6.45, 7) is 6.10. The van der Waals surface area contributed by atoms with Crippen LogP contribution >= 0.6 is 0 Å². The maximum Gasteiger partial charge on any atom is 0.331 e. The predicted octanol–water partition coefficient (Wildman–Crippen LogP) is 4.98. The molecule has 0 fully saturated rings. The Bertz CT molecular complexity index is 1650. The Hall–Kier alpha value is -4.33. The van der Waals surface area contributed by atoms with Crippen LogP contribution in [0.25, 0.3) is 22.1 Å². The van der Waals surface area contributed by atoms with E-state index in [0.29, 0.717) is 17.0 Å². The van der Waals surface area contributed by atoms with Gasteiger partial charge in [-0.15, -0.1) is 0 Å². The topological polar surface area (TPSA) is 102 Å². The normalized spacial score (nSPS) is 13.2. The van der Waals surface area contributed by atoms with E-state index in [0.717, 1.165) is 33.2 Å². The maximum atomic E-state index is 14.1. The Labute approximate surface area is 207 Å². The average Bonchev–Trinajstić information content (AvgIpc) is 3.40. The molecule has 0 aliphatic rings. The number of nitrogens with zero attached hydrogens (tertiary/aromatic N) is 3. The maximum absolute atomic E-state index is 14.1. The molecule has 5 rings (SSSR count). The largest absolute Gasteiger partial charge is 0.481 e. The van der Waals surface area contributed by atoms with Gasteiger partial charge in [0.2, 0.25) is 5.88 Å². The van der Waals surface area contributed by atoms with Crippen molar-refractivity contribution >= 4 is 28.0 Å². The van der Waals surface area contributed by atoms with E-state index in [-0.39, 0.29) is 18.2 Å². The molecule has 0 radical (unpaired) electrons. The third-order valence-electron chi connectivity index (χ3n) is 6.79. The van der Waals surface area contributed by atoms with Crippen molar-refractivity contribution in [3.8, 4) is 5.88 Å². The standard InChI is InChI=1S/C28H28N4O4/c1-16-12-17(2)26-20(15-29-21(26)13-16)18(3)31-22-10-11-24(36-4)30-27(22)32(28(31)35)23(14-25(33)34)19-8-6-5-7-9-19/h5-13,15,18,23,29H,14H2,1-4H3,(H,33,34)/t18?,23-/m1/s1. The number of ether oxygens (including phenoxy) is 1. The minimum atomic E-state index is -1.00. The molecule has 0 bridgehead atoms. The highest BCUT2D eigenvalue weighted by Crippen LogP contribution is 2.33. The monoisotopic (exact) mass is 484 g/mol. The van der Waals surface area contributed by atoms with Crippen molar-refractivity contribution in [2.75, 3.05) is 7.11 Å². The van der Waals surface area contributed by atoms with Crippen LogP contribution in [-0.2, 0) is 4.79 Å². The molecule has 2 atom stereocenters. The highest BCUT2D eigenvalue weighted by Gasteiger charge is 2.28. The first-order valence-electron chi connectivity index (χ1n) is 11.8. The van der Waals surface area contributed by atoms with Crippen molar-refractivity contribution in [2.45, 2.75) is 39.3 Å². The second-order valence-corrected chi connectivity index (χ2v) is 9.17. The van der Waals surface area contributed by atoms with Gasteiger partial charge in [0.05, 0.1) is 31.1 Å². The zero-order valence-electron chi connectivity index (χ0n) is 20.6. The number of carboxylic acid groups (broad SMARTS) is 1. The van der Waals surface area contributed by atoms with Gasteiger partial charge in [0, 0.05) is 28.7 Å². The number of pyridine rings is 1. The van der Waals surface area contributed by atoms with Gasteiger partial charge >= 0.3 is 11.7 Å². The van der Waals surface area contributed by atoms with Crippen LogP contribution in [0.5, 0.6) is 5.88 Å². The fourth-order valence-electron chi connectivity index (χ4n) is 5.23. The zero-order valence-corrected chi connectivity index (χ0v) is 20.6. The van der Waals surface area contributed by atoms with E-state index in [1.165, 1.54) is 11.7 Å². The number of methoxy groups -OCH3 is 1. The molecule has 0 saturated carbocycles. The number of carbonyl (C=O) groups is 1. The van der Waals surface area contributed by atoms with Gasteiger partial charge in [0.1, 0.15) is 0 Å². The Morgan fingerprint density at radius 2 is 1.86 bits per heavy atom. The molecule has 36 heavy (non-hydrogen) atoms. The lowest BCUT2D eigenvalue weighted by Crippen LogP contribution is -2.31. The summed E-state index contributed by atoms with van der Waals surface area (Å²) in [7, 11) is 1.51. The molecule has 0 aliphatic heterocycles. The van der Waals surface area contributed by atoms with Crippen molar-refractivity contribution in [1.82, 2.24) is 19.1 Å². The first-order chi connectivity index (χ1) is 17.3. The van der Waals surface area contributed by atoms with Crippen molar-refractivity contribution in [2.24, 2.45) is 0 Å². The lowest BCUT2D eigenvalue weighted by atomic mass is 10.0. The molecule has 3 heterocycles. The van der Waals surface area contributed by atoms with E-state index in [1.54, 1.807) is 10.6 Å². The van der Waals surface area contributed by atoms with Crippen LogP contribution in [0.1, 0.15) is 47.7 Å². The van der Waals surface area contributed by atoms with Gasteiger partial charge in [-0.3, -0.25) is 13.9 Å². The van der Waals surface area contributed by atoms with E-state index in [9.17, 15) is 14.7 Å². The van der Waals surface area contributed by atoms with Gasteiger partial charge in [-0.05, 0) is 49.6 Å². The van der Waals surface area contributed by atoms with Gasteiger partial charge < -0.3 is 14.8 Å². The Morgan fingerprint density at radius 1 is 1.11 bits per heavy atom. The number of nitrogens with one attached hydrogen (secondary N) is 1. The van der Waals surface area contributed by atoms with Gasteiger partial charge in [-0.1, -0.05) is 36.4 Å². The molecule has 0 spiro atoms. The van der Waals surface area contributed by atoms with E-state index in [1.807, 2.05) is 49.5 Å². The van der Waals surface area contributed by atoms with Gasteiger partial charge in [-0.25, -0.2) is 4.79 Å². The second-order valence-electron chi connectivity index (χ2n) is 9.17. The quantitative estimate of drug-likeness (QED) is 0.339. The van der Waals surface area contributed by atoms with Crippen LogP contribution in [0.3, 0.4) is 0 Å². The summed E-state index contributed by atoms with van der Waals surface area (Å²) in [5.74, 6) is -0.656. The van der Waals surface area contributed by atoms with Gasteiger partial charge in [0.25, 0.3) is 0 Å². The van der Waals surface area contributed by atoms with Crippen LogP contribution in [0.4, 0.5) is 0 Å². The number of hydrogen-bond donors (Lipinski definition) is 2. The van der Waals surface area contributed by atoms with E-state index >= 15 is 0 Å². The fourth-order valence-corrected chi connectivity index (χ4v) is 5.23. The number of H-pyrrole nitrogens is 1. The van der Waals surface area contributed by atoms with Gasteiger partial charge in [-0.2, -0.15) is 4.98 Å². The summed E-state index contributed by atoms with van der Waals surface area (Å²) in [5.41, 5.74) is 5.66. The second kappa shape index (κ2) is 9.03. The number of imidazole rings is 1. The Morgan fingerprint density at radius 3 is 2.56 bits per heavy atom. The Kier molecular flexibility index (Phi) is 5.88. The predicted molar refractivity (Wildman–Crippen MR) is 139 cm³/mol. The van der Waals surface area contributed by atoms with Crippen molar-refractivity contribution < 1.29 is 14.6 Å².